The van der Waals surface area contributed by atoms with Crippen molar-refractivity contribution in [3.8, 4) is 0 Å². The number of benzene rings is 2. The Balaban J connectivity index is 2.00. The van der Waals surface area contributed by atoms with Crippen LogP contribution in [0.2, 0.25) is 0 Å². The SMILES string of the molecule is CCSc1ccc(CN(CCN(C)C)Cc2ccccc2)cc1. The Hall–Kier alpha value is -1.29. The third-order valence-corrected chi connectivity index (χ3v) is 4.65. The average Bonchev–Trinajstić information content (AvgIpc) is 2.55. The molecule has 0 atom stereocenters. The van der Waals surface area contributed by atoms with E-state index in [9.17, 15) is 0 Å². The van der Waals surface area contributed by atoms with Gasteiger partial charge >= 0.3 is 0 Å². The molecule has 124 valence electrons. The molecule has 0 bridgehead atoms. The zero-order valence-electron chi connectivity index (χ0n) is 14.5. The zero-order chi connectivity index (χ0) is 16.5. The largest absolute Gasteiger partial charge is 0.308 e. The number of likely N-dealkylation sites (N-methyl/N-ethyl adjacent to an activating group) is 1. The third-order valence-electron chi connectivity index (χ3n) is 3.75. The van der Waals surface area contributed by atoms with Gasteiger partial charge in [0, 0.05) is 31.1 Å². The van der Waals surface area contributed by atoms with Crippen molar-refractivity contribution < 1.29 is 0 Å². The molecule has 0 heterocycles. The van der Waals surface area contributed by atoms with Crippen molar-refractivity contribution in [3.05, 3.63) is 65.7 Å². The maximum Gasteiger partial charge on any atom is 0.0237 e. The van der Waals surface area contributed by atoms with Gasteiger partial charge in [-0.2, -0.15) is 0 Å². The molecule has 0 amide bonds. The summed E-state index contributed by atoms with van der Waals surface area (Å²) in [6.07, 6.45) is 0. The molecule has 2 rings (SSSR count). The van der Waals surface area contributed by atoms with Crippen LogP contribution in [0.15, 0.2) is 59.5 Å². The van der Waals surface area contributed by atoms with Crippen molar-refractivity contribution in [1.82, 2.24) is 9.80 Å². The lowest BCUT2D eigenvalue weighted by molar-refractivity contribution is 0.226. The lowest BCUT2D eigenvalue weighted by Crippen LogP contribution is -2.31. The van der Waals surface area contributed by atoms with Gasteiger partial charge in [-0.3, -0.25) is 4.90 Å². The minimum absolute atomic E-state index is 1.000. The Morgan fingerprint density at radius 1 is 0.783 bits per heavy atom. The number of rotatable bonds is 9. The van der Waals surface area contributed by atoms with Crippen LogP contribution in [0.25, 0.3) is 0 Å². The molecule has 0 saturated heterocycles. The summed E-state index contributed by atoms with van der Waals surface area (Å²) in [5.74, 6) is 1.13. The van der Waals surface area contributed by atoms with E-state index in [0.717, 1.165) is 31.9 Å². The third kappa shape index (κ3) is 6.78. The molecule has 0 N–H and O–H groups in total. The summed E-state index contributed by atoms with van der Waals surface area (Å²) in [6.45, 7) is 6.35. The van der Waals surface area contributed by atoms with Gasteiger partial charge in [-0.1, -0.05) is 49.4 Å². The Morgan fingerprint density at radius 3 is 1.96 bits per heavy atom. The van der Waals surface area contributed by atoms with Gasteiger partial charge in [0.1, 0.15) is 0 Å². The molecule has 23 heavy (non-hydrogen) atoms. The van der Waals surface area contributed by atoms with Crippen molar-refractivity contribution in [2.75, 3.05) is 32.9 Å². The van der Waals surface area contributed by atoms with E-state index in [2.05, 4.69) is 85.4 Å². The highest BCUT2D eigenvalue weighted by atomic mass is 32.2. The molecule has 0 aliphatic carbocycles. The predicted molar refractivity (Wildman–Crippen MR) is 102 cm³/mol. The summed E-state index contributed by atoms with van der Waals surface area (Å²) in [5.41, 5.74) is 2.77. The van der Waals surface area contributed by atoms with E-state index in [0.29, 0.717) is 0 Å². The first-order valence-electron chi connectivity index (χ1n) is 8.30. The van der Waals surface area contributed by atoms with Crippen molar-refractivity contribution in [2.24, 2.45) is 0 Å². The van der Waals surface area contributed by atoms with E-state index in [-0.39, 0.29) is 0 Å². The second kappa shape index (κ2) is 9.76. The molecule has 2 aromatic carbocycles. The van der Waals surface area contributed by atoms with Crippen LogP contribution in [0.1, 0.15) is 18.1 Å². The standard InChI is InChI=1S/C20H28N2S/c1-4-23-20-12-10-19(11-13-20)17-22(15-14-21(2)3)16-18-8-6-5-7-9-18/h5-13H,4,14-17H2,1-3H3. The van der Waals surface area contributed by atoms with Crippen molar-refractivity contribution in [1.29, 1.82) is 0 Å². The van der Waals surface area contributed by atoms with Crippen LogP contribution in [0.3, 0.4) is 0 Å². The lowest BCUT2D eigenvalue weighted by Gasteiger charge is -2.24. The Labute approximate surface area is 145 Å². The first kappa shape index (κ1) is 18.1. The molecule has 3 heteroatoms. The van der Waals surface area contributed by atoms with Crippen LogP contribution in [-0.4, -0.2) is 42.7 Å². The Morgan fingerprint density at radius 2 is 1.39 bits per heavy atom. The molecule has 0 aromatic heterocycles. The topological polar surface area (TPSA) is 6.48 Å². The van der Waals surface area contributed by atoms with Gasteiger partial charge in [0.25, 0.3) is 0 Å². The van der Waals surface area contributed by atoms with Gasteiger partial charge in [0.05, 0.1) is 0 Å². The summed E-state index contributed by atoms with van der Waals surface area (Å²) in [4.78, 5) is 6.13. The lowest BCUT2D eigenvalue weighted by atomic mass is 10.1. The molecule has 0 spiro atoms. The predicted octanol–water partition coefficient (Wildman–Crippen LogP) is 4.36. The molecule has 0 aliphatic heterocycles. The summed E-state index contributed by atoms with van der Waals surface area (Å²) in [7, 11) is 4.27. The van der Waals surface area contributed by atoms with Crippen LogP contribution in [0.4, 0.5) is 0 Å². The molecule has 2 aromatic rings. The van der Waals surface area contributed by atoms with Gasteiger partial charge in [-0.15, -0.1) is 11.8 Å². The first-order valence-corrected chi connectivity index (χ1v) is 9.28. The first-order chi connectivity index (χ1) is 11.2. The highest BCUT2D eigenvalue weighted by Gasteiger charge is 2.08. The maximum atomic E-state index is 2.53. The smallest absolute Gasteiger partial charge is 0.0237 e. The fourth-order valence-corrected chi connectivity index (χ4v) is 3.17. The average molecular weight is 329 g/mol. The zero-order valence-corrected chi connectivity index (χ0v) is 15.4. The summed E-state index contributed by atoms with van der Waals surface area (Å²) >= 11 is 1.90. The monoisotopic (exact) mass is 328 g/mol. The Bertz CT molecular complexity index is 552. The highest BCUT2D eigenvalue weighted by Crippen LogP contribution is 2.19. The number of hydrogen-bond acceptors (Lipinski definition) is 3. The van der Waals surface area contributed by atoms with Gasteiger partial charge in [0.2, 0.25) is 0 Å². The molecule has 0 aliphatic rings. The van der Waals surface area contributed by atoms with Crippen molar-refractivity contribution >= 4 is 11.8 Å². The van der Waals surface area contributed by atoms with Gasteiger partial charge < -0.3 is 4.90 Å². The van der Waals surface area contributed by atoms with Gasteiger partial charge in [-0.05, 0) is 43.1 Å². The molecule has 0 radical (unpaired) electrons. The van der Waals surface area contributed by atoms with Crippen LogP contribution < -0.4 is 0 Å². The minimum Gasteiger partial charge on any atom is -0.308 e. The second-order valence-corrected chi connectivity index (χ2v) is 7.41. The minimum atomic E-state index is 1.000. The van der Waals surface area contributed by atoms with Crippen LogP contribution >= 0.6 is 11.8 Å². The normalized spacial score (nSPS) is 11.3. The van der Waals surface area contributed by atoms with E-state index in [1.807, 2.05) is 11.8 Å². The molecule has 2 nitrogen and oxygen atoms in total. The molecule has 0 unspecified atom stereocenters. The quantitative estimate of drug-likeness (QED) is 0.631. The highest BCUT2D eigenvalue weighted by molar-refractivity contribution is 7.99. The van der Waals surface area contributed by atoms with Crippen LogP contribution in [0, 0.1) is 0 Å². The van der Waals surface area contributed by atoms with Gasteiger partial charge in [0.15, 0.2) is 0 Å². The number of thioether (sulfide) groups is 1. The molecular formula is C20H28N2S. The van der Waals surface area contributed by atoms with Gasteiger partial charge in [-0.25, -0.2) is 0 Å². The van der Waals surface area contributed by atoms with E-state index in [4.69, 9.17) is 0 Å². The van der Waals surface area contributed by atoms with Crippen LogP contribution in [0.5, 0.6) is 0 Å². The molecular weight excluding hydrogens is 300 g/mol. The van der Waals surface area contributed by atoms with Crippen molar-refractivity contribution in [2.45, 2.75) is 24.9 Å². The summed E-state index contributed by atoms with van der Waals surface area (Å²) in [5, 5.41) is 0. The fourth-order valence-electron chi connectivity index (χ4n) is 2.51. The van der Waals surface area contributed by atoms with E-state index in [1.54, 1.807) is 0 Å². The fraction of sp³-hybridized carbons (Fsp3) is 0.400. The van der Waals surface area contributed by atoms with E-state index < -0.39 is 0 Å². The maximum absolute atomic E-state index is 2.53. The number of hydrogen-bond donors (Lipinski definition) is 0. The van der Waals surface area contributed by atoms with Crippen LogP contribution in [-0.2, 0) is 13.1 Å². The summed E-state index contributed by atoms with van der Waals surface area (Å²) in [6, 6.07) is 19.8. The molecule has 0 saturated carbocycles. The summed E-state index contributed by atoms with van der Waals surface area (Å²) < 4.78 is 0. The second-order valence-electron chi connectivity index (χ2n) is 6.08. The van der Waals surface area contributed by atoms with Crippen molar-refractivity contribution in [3.63, 3.8) is 0 Å². The number of nitrogens with zero attached hydrogens (tertiary/aromatic N) is 2. The Kier molecular flexibility index (Phi) is 7.66. The van der Waals surface area contributed by atoms with E-state index >= 15 is 0 Å². The molecule has 0 fully saturated rings. The van der Waals surface area contributed by atoms with E-state index in [1.165, 1.54) is 16.0 Å².